The fraction of sp³-hybridized carbons (Fsp3) is 0.680. The molecule has 1 saturated carbocycles. The van der Waals surface area contributed by atoms with Crippen molar-refractivity contribution < 1.29 is 19.0 Å². The molecule has 9 heteroatoms. The maximum Gasteiger partial charge on any atom is 0.342 e. The molecule has 2 aliphatic rings. The number of hydrogen-bond acceptors (Lipinski definition) is 6. The predicted octanol–water partition coefficient (Wildman–Crippen LogP) is 4.77. The molecule has 0 unspecified atom stereocenters. The van der Waals surface area contributed by atoms with E-state index in [0.29, 0.717) is 36.9 Å². The van der Waals surface area contributed by atoms with Crippen molar-refractivity contribution >= 4 is 11.8 Å². The molecular formula is C25H37N5O4. The van der Waals surface area contributed by atoms with Crippen molar-refractivity contribution in [3.8, 4) is 5.75 Å². The lowest BCUT2D eigenvalue weighted by Gasteiger charge is -2.52. The second-order valence-electron chi connectivity index (χ2n) is 11.0. The van der Waals surface area contributed by atoms with Crippen LogP contribution in [0.3, 0.4) is 0 Å². The minimum Gasteiger partial charge on any atom is -0.486 e. The molecule has 186 valence electrons. The summed E-state index contributed by atoms with van der Waals surface area (Å²) < 4.78 is 17.4. The summed E-state index contributed by atoms with van der Waals surface area (Å²) >= 11 is 0. The average molecular weight is 472 g/mol. The molecule has 1 aromatic rings. The first-order chi connectivity index (χ1) is 15.8. The number of hydrogen-bond donors (Lipinski definition) is 2. The molecule has 1 aliphatic heterocycles. The number of azide groups is 1. The molecule has 1 heterocycles. The number of benzene rings is 1. The Bertz CT molecular complexity index is 996. The van der Waals surface area contributed by atoms with Crippen LogP contribution in [0.1, 0.15) is 65.5 Å². The molecule has 2 N–H and O–H groups in total. The Morgan fingerprint density at radius 2 is 2.06 bits per heavy atom. The van der Waals surface area contributed by atoms with Gasteiger partial charge in [-0.1, -0.05) is 19.0 Å². The Balaban J connectivity index is 1.67. The number of fused-ring (bicyclic) bond motifs is 1. The molecular weight excluding hydrogens is 434 g/mol. The molecule has 1 aromatic carbocycles. The summed E-state index contributed by atoms with van der Waals surface area (Å²) in [5, 5.41) is 15.6. The molecule has 0 radical (unpaired) electrons. The fourth-order valence-corrected chi connectivity index (χ4v) is 4.62. The van der Waals surface area contributed by atoms with Gasteiger partial charge in [0.05, 0.1) is 0 Å². The smallest absolute Gasteiger partial charge is 0.342 e. The molecule has 9 nitrogen and oxygen atoms in total. The Hall–Kier alpha value is -2.77. The third kappa shape index (κ3) is 5.15. The molecule has 0 aromatic heterocycles. The van der Waals surface area contributed by atoms with Gasteiger partial charge in [-0.2, -0.15) is 0 Å². The second-order valence-corrected chi connectivity index (χ2v) is 11.0. The third-order valence-electron chi connectivity index (χ3n) is 7.29. The van der Waals surface area contributed by atoms with Gasteiger partial charge >= 0.3 is 5.97 Å². The summed E-state index contributed by atoms with van der Waals surface area (Å²) in [6.07, 6.45) is 1.68. The molecule has 4 atom stereocenters. The summed E-state index contributed by atoms with van der Waals surface area (Å²) in [6.45, 7) is 11.9. The number of rotatable bonds is 7. The summed E-state index contributed by atoms with van der Waals surface area (Å²) in [7, 11) is 1.50. The average Bonchev–Trinajstić information content (AvgIpc) is 2.78. The quantitative estimate of drug-likeness (QED) is 0.148. The van der Waals surface area contributed by atoms with E-state index in [0.717, 1.165) is 17.5 Å². The summed E-state index contributed by atoms with van der Waals surface area (Å²) in [4.78, 5) is 15.7. The fourth-order valence-electron chi connectivity index (χ4n) is 4.62. The van der Waals surface area contributed by atoms with Crippen molar-refractivity contribution in [1.29, 1.82) is 5.41 Å². The number of amidine groups is 1. The first-order valence-corrected chi connectivity index (χ1v) is 11.8. The Kier molecular flexibility index (Phi) is 7.20. The van der Waals surface area contributed by atoms with E-state index >= 15 is 0 Å². The molecule has 0 spiro atoms. The summed E-state index contributed by atoms with van der Waals surface area (Å²) in [5.41, 5.74) is 8.46. The Labute approximate surface area is 201 Å². The van der Waals surface area contributed by atoms with Crippen LogP contribution in [0, 0.1) is 16.7 Å². The third-order valence-corrected chi connectivity index (χ3v) is 7.29. The monoisotopic (exact) mass is 471 g/mol. The molecule has 0 bridgehead atoms. The van der Waals surface area contributed by atoms with Crippen LogP contribution in [0.5, 0.6) is 5.75 Å². The molecule has 0 amide bonds. The van der Waals surface area contributed by atoms with E-state index in [-0.39, 0.29) is 11.5 Å². The van der Waals surface area contributed by atoms with Gasteiger partial charge in [-0.3, -0.25) is 5.41 Å². The maximum atomic E-state index is 12.8. The van der Waals surface area contributed by atoms with Gasteiger partial charge in [-0.25, -0.2) is 4.79 Å². The standard InChI is InChI=1S/C25H37N5O4/c1-23(2,3)34-22(31)25(6,32-7)20-11-9-15-12-16(8-10-18(15)33-20)21(26)29-19-13-17(14-28-30-27)24(19,4)5/h8,10,12,17,19-20H,9,11,13-14H2,1-7H3,(H2,26,29)/t17-,19-,20-,25+/m1/s1. The minimum absolute atomic E-state index is 0.0582. The molecule has 34 heavy (non-hydrogen) atoms. The van der Waals surface area contributed by atoms with Crippen molar-refractivity contribution in [2.75, 3.05) is 13.7 Å². The molecule has 1 fully saturated rings. The number of nitrogens with zero attached hydrogens (tertiary/aromatic N) is 3. The summed E-state index contributed by atoms with van der Waals surface area (Å²) in [6, 6.07) is 5.83. The van der Waals surface area contributed by atoms with Crippen LogP contribution in [0.4, 0.5) is 0 Å². The van der Waals surface area contributed by atoms with E-state index in [1.54, 1.807) is 6.92 Å². The molecule has 1 aliphatic carbocycles. The van der Waals surface area contributed by atoms with E-state index < -0.39 is 23.3 Å². The van der Waals surface area contributed by atoms with Crippen LogP contribution in [-0.2, 0) is 20.7 Å². The number of carbonyl (C=O) groups excluding carboxylic acids is 1. The number of nitrogens with one attached hydrogen (secondary N) is 2. The lowest BCUT2D eigenvalue weighted by atomic mass is 9.58. The van der Waals surface area contributed by atoms with Crippen molar-refractivity contribution in [2.24, 2.45) is 16.4 Å². The number of esters is 1. The normalized spacial score (nSPS) is 24.9. The lowest BCUT2D eigenvalue weighted by molar-refractivity contribution is -0.190. The zero-order valence-corrected chi connectivity index (χ0v) is 21.3. The van der Waals surface area contributed by atoms with Gasteiger partial charge in [0.25, 0.3) is 0 Å². The number of carbonyl (C=O) groups is 1. The summed E-state index contributed by atoms with van der Waals surface area (Å²) in [5.74, 6) is 0.918. The van der Waals surface area contributed by atoms with Crippen LogP contribution in [0.25, 0.3) is 10.4 Å². The topological polar surface area (TPSA) is 129 Å². The van der Waals surface area contributed by atoms with E-state index in [4.69, 9.17) is 25.2 Å². The van der Waals surface area contributed by atoms with Crippen LogP contribution < -0.4 is 10.1 Å². The largest absolute Gasteiger partial charge is 0.486 e. The minimum atomic E-state index is -1.22. The van der Waals surface area contributed by atoms with E-state index in [2.05, 4.69) is 29.2 Å². The van der Waals surface area contributed by atoms with Crippen LogP contribution in [0.2, 0.25) is 0 Å². The van der Waals surface area contributed by atoms with Crippen LogP contribution in [-0.4, -0.2) is 48.8 Å². The van der Waals surface area contributed by atoms with E-state index in [1.807, 2.05) is 39.0 Å². The van der Waals surface area contributed by atoms with Gasteiger partial charge in [-0.15, -0.1) is 0 Å². The number of aryl methyl sites for hydroxylation is 1. The van der Waals surface area contributed by atoms with Crippen LogP contribution >= 0.6 is 0 Å². The highest BCUT2D eigenvalue weighted by atomic mass is 16.6. The zero-order valence-electron chi connectivity index (χ0n) is 21.3. The molecule has 3 rings (SSSR count). The highest BCUT2D eigenvalue weighted by Gasteiger charge is 2.49. The van der Waals surface area contributed by atoms with Gasteiger partial charge in [0, 0.05) is 30.2 Å². The van der Waals surface area contributed by atoms with Crippen molar-refractivity contribution in [1.82, 2.24) is 5.32 Å². The highest BCUT2D eigenvalue weighted by molar-refractivity contribution is 5.97. The SMILES string of the molecule is CO[C@](C)(C(=O)OC(C)(C)C)[C@H]1CCc2cc(C(=N)N[C@@H]3C[C@H](CN=[N+]=[N-])C3(C)C)ccc2O1. The van der Waals surface area contributed by atoms with Crippen molar-refractivity contribution in [3.05, 3.63) is 39.8 Å². The van der Waals surface area contributed by atoms with Gasteiger partial charge < -0.3 is 19.5 Å². The van der Waals surface area contributed by atoms with Crippen LogP contribution in [0.15, 0.2) is 23.3 Å². The predicted molar refractivity (Wildman–Crippen MR) is 130 cm³/mol. The highest BCUT2D eigenvalue weighted by Crippen LogP contribution is 2.46. The van der Waals surface area contributed by atoms with Gasteiger partial charge in [0.2, 0.25) is 0 Å². The van der Waals surface area contributed by atoms with Gasteiger partial charge in [0.1, 0.15) is 23.3 Å². The first kappa shape index (κ1) is 25.8. The zero-order chi connectivity index (χ0) is 25.3. The Morgan fingerprint density at radius 3 is 2.65 bits per heavy atom. The second kappa shape index (κ2) is 9.47. The first-order valence-electron chi connectivity index (χ1n) is 11.8. The number of methoxy groups -OCH3 is 1. The van der Waals surface area contributed by atoms with Gasteiger partial charge in [-0.05, 0) is 87.6 Å². The molecule has 0 saturated heterocycles. The van der Waals surface area contributed by atoms with E-state index in [9.17, 15) is 4.79 Å². The van der Waals surface area contributed by atoms with Crippen molar-refractivity contribution in [2.45, 2.75) is 84.2 Å². The van der Waals surface area contributed by atoms with Crippen molar-refractivity contribution in [3.63, 3.8) is 0 Å². The number of ether oxygens (including phenoxy) is 3. The Morgan fingerprint density at radius 1 is 1.35 bits per heavy atom. The lowest BCUT2D eigenvalue weighted by Crippen LogP contribution is -2.59. The van der Waals surface area contributed by atoms with E-state index in [1.165, 1.54) is 7.11 Å². The maximum absolute atomic E-state index is 12.8. The van der Waals surface area contributed by atoms with Gasteiger partial charge in [0.15, 0.2) is 5.60 Å².